The number of hydrogen-bond acceptors (Lipinski definition) is 5. The summed E-state index contributed by atoms with van der Waals surface area (Å²) in [6, 6.07) is 12.9. The van der Waals surface area contributed by atoms with E-state index in [1.54, 1.807) is 36.4 Å². The Hall–Kier alpha value is -3.79. The molecule has 0 radical (unpaired) electrons. The molecular formula is C22H16ClF3N4O3. The number of benzene rings is 2. The second-order valence-electron chi connectivity index (χ2n) is 6.85. The van der Waals surface area contributed by atoms with E-state index in [0.29, 0.717) is 32.3 Å². The van der Waals surface area contributed by atoms with E-state index < -0.39 is 17.8 Å². The summed E-state index contributed by atoms with van der Waals surface area (Å²) in [6.45, 7) is 0. The largest absolute Gasteiger partial charge is 0.493 e. The van der Waals surface area contributed by atoms with Crippen LogP contribution in [0.15, 0.2) is 54.6 Å². The van der Waals surface area contributed by atoms with Crippen molar-refractivity contribution in [3.05, 3.63) is 71.0 Å². The minimum absolute atomic E-state index is 0.0281. The number of amides is 1. The molecule has 11 heteroatoms. The van der Waals surface area contributed by atoms with Crippen LogP contribution in [0.5, 0.6) is 11.5 Å². The molecule has 0 spiro atoms. The molecule has 7 nitrogen and oxygen atoms in total. The Morgan fingerprint density at radius 2 is 1.70 bits per heavy atom. The molecule has 2 aromatic heterocycles. The topological polar surface area (TPSA) is 77.8 Å². The summed E-state index contributed by atoms with van der Waals surface area (Å²) in [6.07, 6.45) is -4.75. The third-order valence-electron chi connectivity index (χ3n) is 4.73. The molecule has 2 aromatic carbocycles. The number of methoxy groups -OCH3 is 2. The predicted octanol–water partition coefficient (Wildman–Crippen LogP) is 5.34. The highest BCUT2D eigenvalue weighted by atomic mass is 35.5. The Bertz CT molecular complexity index is 1340. The number of ether oxygens (including phenoxy) is 2. The molecule has 0 saturated heterocycles. The number of carbonyl (C=O) groups is 1. The van der Waals surface area contributed by atoms with Gasteiger partial charge in [0.25, 0.3) is 5.91 Å². The molecule has 0 bridgehead atoms. The average Bonchev–Trinajstić information content (AvgIpc) is 3.23. The van der Waals surface area contributed by atoms with Gasteiger partial charge in [-0.1, -0.05) is 11.6 Å². The molecule has 0 fully saturated rings. The predicted molar refractivity (Wildman–Crippen MR) is 116 cm³/mol. The standard InChI is InChI=1S/C22H16ClF3N4O3/c1-32-17-8-3-12(9-18(17)33-2)15-10-19(22(24,25)26)30-20(28-15)11-16(29-30)21(31)27-14-6-4-13(23)5-7-14/h3-11H,1-2H3,(H,27,31). The van der Waals surface area contributed by atoms with Gasteiger partial charge in [-0.15, -0.1) is 0 Å². The van der Waals surface area contributed by atoms with Crippen molar-refractivity contribution in [3.8, 4) is 22.8 Å². The van der Waals surface area contributed by atoms with E-state index in [-0.39, 0.29) is 17.0 Å². The molecular weight excluding hydrogens is 461 g/mol. The van der Waals surface area contributed by atoms with Crippen molar-refractivity contribution in [2.75, 3.05) is 19.5 Å². The fraction of sp³-hybridized carbons (Fsp3) is 0.136. The molecule has 0 atom stereocenters. The van der Waals surface area contributed by atoms with Crippen LogP contribution in [-0.2, 0) is 6.18 Å². The van der Waals surface area contributed by atoms with E-state index in [2.05, 4.69) is 15.4 Å². The van der Waals surface area contributed by atoms with E-state index in [1.807, 2.05) is 0 Å². The van der Waals surface area contributed by atoms with Crippen LogP contribution >= 0.6 is 11.6 Å². The zero-order valence-corrected chi connectivity index (χ0v) is 18.0. The number of nitrogens with zero attached hydrogens (tertiary/aromatic N) is 3. The Labute approximate surface area is 190 Å². The highest BCUT2D eigenvalue weighted by Crippen LogP contribution is 2.35. The molecule has 1 N–H and O–H groups in total. The number of hydrogen-bond donors (Lipinski definition) is 1. The summed E-state index contributed by atoms with van der Waals surface area (Å²) in [7, 11) is 2.87. The van der Waals surface area contributed by atoms with Crippen LogP contribution in [0.4, 0.5) is 18.9 Å². The van der Waals surface area contributed by atoms with Crippen molar-refractivity contribution in [3.63, 3.8) is 0 Å². The van der Waals surface area contributed by atoms with Gasteiger partial charge in [0.2, 0.25) is 0 Å². The molecule has 4 rings (SSSR count). The summed E-state index contributed by atoms with van der Waals surface area (Å²) in [5.74, 6) is 0.0641. The maximum absolute atomic E-state index is 13.8. The smallest absolute Gasteiger partial charge is 0.433 e. The van der Waals surface area contributed by atoms with E-state index in [9.17, 15) is 18.0 Å². The minimum atomic E-state index is -4.75. The van der Waals surface area contributed by atoms with Crippen LogP contribution in [0.25, 0.3) is 16.9 Å². The average molecular weight is 477 g/mol. The maximum Gasteiger partial charge on any atom is 0.433 e. The lowest BCUT2D eigenvalue weighted by Gasteiger charge is -2.12. The lowest BCUT2D eigenvalue weighted by molar-refractivity contribution is -0.142. The van der Waals surface area contributed by atoms with Gasteiger partial charge in [0.05, 0.1) is 19.9 Å². The van der Waals surface area contributed by atoms with Gasteiger partial charge in [0.1, 0.15) is 0 Å². The zero-order valence-electron chi connectivity index (χ0n) is 17.3. The summed E-state index contributed by atoms with van der Waals surface area (Å²) in [5, 5.41) is 6.88. The highest BCUT2D eigenvalue weighted by molar-refractivity contribution is 6.30. The van der Waals surface area contributed by atoms with Crippen LogP contribution in [0.3, 0.4) is 0 Å². The first kappa shape index (κ1) is 22.4. The third kappa shape index (κ3) is 4.56. The molecule has 33 heavy (non-hydrogen) atoms. The first-order valence-corrected chi connectivity index (χ1v) is 9.84. The molecule has 4 aromatic rings. The summed E-state index contributed by atoms with van der Waals surface area (Å²) < 4.78 is 52.5. The molecule has 170 valence electrons. The molecule has 0 aliphatic carbocycles. The third-order valence-corrected chi connectivity index (χ3v) is 4.98. The van der Waals surface area contributed by atoms with Crippen molar-refractivity contribution in [2.45, 2.75) is 6.18 Å². The summed E-state index contributed by atoms with van der Waals surface area (Å²) >= 11 is 5.82. The lowest BCUT2D eigenvalue weighted by Crippen LogP contribution is -2.15. The first-order valence-electron chi connectivity index (χ1n) is 9.47. The maximum atomic E-state index is 13.8. The van der Waals surface area contributed by atoms with Gasteiger partial charge >= 0.3 is 6.18 Å². The van der Waals surface area contributed by atoms with Crippen LogP contribution in [-0.4, -0.2) is 34.7 Å². The number of alkyl halides is 3. The highest BCUT2D eigenvalue weighted by Gasteiger charge is 2.35. The van der Waals surface area contributed by atoms with Crippen molar-refractivity contribution in [1.29, 1.82) is 0 Å². The lowest BCUT2D eigenvalue weighted by atomic mass is 10.1. The molecule has 0 saturated carbocycles. The molecule has 1 amide bonds. The van der Waals surface area contributed by atoms with Crippen LogP contribution in [0, 0.1) is 0 Å². The minimum Gasteiger partial charge on any atom is -0.493 e. The summed E-state index contributed by atoms with van der Waals surface area (Å²) in [5.41, 5.74) is -0.642. The van der Waals surface area contributed by atoms with E-state index in [1.165, 1.54) is 26.4 Å². The van der Waals surface area contributed by atoms with Gasteiger partial charge in [-0.3, -0.25) is 4.79 Å². The molecule has 0 aliphatic rings. The number of rotatable bonds is 5. The second kappa shape index (κ2) is 8.62. The Morgan fingerprint density at radius 1 is 1.00 bits per heavy atom. The van der Waals surface area contributed by atoms with Gasteiger partial charge in [-0.05, 0) is 48.5 Å². The molecule has 0 unspecified atom stereocenters. The number of halogens is 4. The zero-order chi connectivity index (χ0) is 23.8. The fourth-order valence-electron chi connectivity index (χ4n) is 3.16. The van der Waals surface area contributed by atoms with Crippen LogP contribution < -0.4 is 14.8 Å². The van der Waals surface area contributed by atoms with Gasteiger partial charge in [0, 0.05) is 22.3 Å². The molecule has 0 aliphatic heterocycles. The number of aromatic nitrogens is 3. The van der Waals surface area contributed by atoms with E-state index in [0.717, 1.165) is 6.07 Å². The van der Waals surface area contributed by atoms with Gasteiger partial charge in [0.15, 0.2) is 28.5 Å². The molecule has 2 heterocycles. The van der Waals surface area contributed by atoms with Crippen LogP contribution in [0.2, 0.25) is 5.02 Å². The van der Waals surface area contributed by atoms with Crippen LogP contribution in [0.1, 0.15) is 16.2 Å². The van der Waals surface area contributed by atoms with Gasteiger partial charge < -0.3 is 14.8 Å². The first-order chi connectivity index (χ1) is 15.7. The van der Waals surface area contributed by atoms with Gasteiger partial charge in [-0.2, -0.15) is 18.3 Å². The normalized spacial score (nSPS) is 11.5. The number of fused-ring (bicyclic) bond motifs is 1. The number of nitrogens with one attached hydrogen (secondary N) is 1. The Morgan fingerprint density at radius 3 is 2.33 bits per heavy atom. The second-order valence-corrected chi connectivity index (χ2v) is 7.29. The monoisotopic (exact) mass is 476 g/mol. The summed E-state index contributed by atoms with van der Waals surface area (Å²) in [4.78, 5) is 16.9. The van der Waals surface area contributed by atoms with Crippen molar-refractivity contribution >= 4 is 28.8 Å². The number of carbonyl (C=O) groups excluding carboxylic acids is 1. The quantitative estimate of drug-likeness (QED) is 0.421. The van der Waals surface area contributed by atoms with Gasteiger partial charge in [-0.25, -0.2) is 9.50 Å². The number of anilines is 1. The van der Waals surface area contributed by atoms with Crippen molar-refractivity contribution in [2.24, 2.45) is 0 Å². The van der Waals surface area contributed by atoms with Crippen molar-refractivity contribution in [1.82, 2.24) is 14.6 Å². The fourth-order valence-corrected chi connectivity index (χ4v) is 3.29. The SMILES string of the molecule is COc1ccc(-c2cc(C(F)(F)F)n3nc(C(=O)Nc4ccc(Cl)cc4)cc3n2)cc1OC. The van der Waals surface area contributed by atoms with E-state index in [4.69, 9.17) is 21.1 Å². The Balaban J connectivity index is 1.78. The van der Waals surface area contributed by atoms with Crippen molar-refractivity contribution < 1.29 is 27.4 Å². The Kier molecular flexibility index (Phi) is 5.86. The van der Waals surface area contributed by atoms with E-state index >= 15 is 0 Å².